The lowest BCUT2D eigenvalue weighted by Crippen LogP contribution is -2.47. The summed E-state index contributed by atoms with van der Waals surface area (Å²) in [4.78, 5) is 24.6. The maximum Gasteiger partial charge on any atom is 0.309 e. The molecule has 3 unspecified atom stereocenters. The first kappa shape index (κ1) is 21.2. The van der Waals surface area contributed by atoms with Crippen LogP contribution in [0.25, 0.3) is 0 Å². The monoisotopic (exact) mass is 388 g/mol. The average molecular weight is 389 g/mol. The molecule has 8 heteroatoms. The normalized spacial score (nSPS) is 26.9. The number of ether oxygens (including phenoxy) is 1. The molecule has 2 fully saturated rings. The van der Waals surface area contributed by atoms with E-state index in [1.807, 2.05) is 0 Å². The summed E-state index contributed by atoms with van der Waals surface area (Å²) in [6.07, 6.45) is 4.44. The molecule has 1 aliphatic heterocycles. The van der Waals surface area contributed by atoms with Gasteiger partial charge in [-0.1, -0.05) is 19.8 Å². The molecule has 2 aliphatic rings. The Balaban J connectivity index is 1.79. The summed E-state index contributed by atoms with van der Waals surface area (Å²) in [5.74, 6) is -0.484. The molecule has 0 spiro atoms. The van der Waals surface area contributed by atoms with Crippen LogP contribution in [0.5, 0.6) is 0 Å². The largest absolute Gasteiger partial charge is 0.452 e. The van der Waals surface area contributed by atoms with Gasteiger partial charge in [-0.3, -0.25) is 9.59 Å². The van der Waals surface area contributed by atoms with Gasteiger partial charge in [0.2, 0.25) is 10.0 Å². The van der Waals surface area contributed by atoms with Gasteiger partial charge in [0.25, 0.3) is 5.91 Å². The molecule has 7 nitrogen and oxygen atoms in total. The van der Waals surface area contributed by atoms with Crippen LogP contribution in [0.3, 0.4) is 0 Å². The Morgan fingerprint density at radius 1 is 1.15 bits per heavy atom. The van der Waals surface area contributed by atoms with Crippen molar-refractivity contribution in [1.29, 1.82) is 0 Å². The molecule has 1 saturated heterocycles. The molecular weight excluding hydrogens is 356 g/mol. The predicted molar refractivity (Wildman–Crippen MR) is 98.9 cm³/mol. The smallest absolute Gasteiger partial charge is 0.309 e. The molecule has 2 rings (SSSR count). The van der Waals surface area contributed by atoms with Gasteiger partial charge in [0.15, 0.2) is 6.10 Å². The standard InChI is InChI=1S/C18H32N2O5S/c1-4-26(23,24)20-11-9-15(10-12-20)18(22)25-14(3)17(21)19-16-8-6-5-7-13(16)2/h13-16H,4-12H2,1-3H3,(H,19,21). The zero-order chi connectivity index (χ0) is 19.3. The number of hydrogen-bond donors (Lipinski definition) is 1. The highest BCUT2D eigenvalue weighted by Crippen LogP contribution is 2.24. The molecule has 3 atom stereocenters. The van der Waals surface area contributed by atoms with Gasteiger partial charge < -0.3 is 10.1 Å². The van der Waals surface area contributed by atoms with Crippen LogP contribution in [0, 0.1) is 11.8 Å². The Morgan fingerprint density at radius 2 is 1.77 bits per heavy atom. The average Bonchev–Trinajstić information content (AvgIpc) is 2.63. The maximum absolute atomic E-state index is 12.3. The Bertz CT molecular complexity index is 599. The molecule has 1 N–H and O–H groups in total. The number of amides is 1. The Labute approximate surface area is 156 Å². The first-order valence-electron chi connectivity index (χ1n) is 9.73. The summed E-state index contributed by atoms with van der Waals surface area (Å²) >= 11 is 0. The van der Waals surface area contributed by atoms with Gasteiger partial charge in [0, 0.05) is 19.1 Å². The lowest BCUT2D eigenvalue weighted by atomic mass is 9.86. The quantitative estimate of drug-likeness (QED) is 0.699. The van der Waals surface area contributed by atoms with Gasteiger partial charge in [0.1, 0.15) is 0 Å². The van der Waals surface area contributed by atoms with E-state index in [2.05, 4.69) is 12.2 Å². The fourth-order valence-corrected chi connectivity index (χ4v) is 4.84. The third kappa shape index (κ3) is 5.42. The minimum atomic E-state index is -3.21. The van der Waals surface area contributed by atoms with E-state index in [1.165, 1.54) is 10.7 Å². The van der Waals surface area contributed by atoms with Crippen molar-refractivity contribution in [1.82, 2.24) is 9.62 Å². The van der Waals surface area contributed by atoms with Crippen LogP contribution in [0.1, 0.15) is 59.3 Å². The summed E-state index contributed by atoms with van der Waals surface area (Å²) in [6, 6.07) is 0.153. The minimum Gasteiger partial charge on any atom is -0.452 e. The summed E-state index contributed by atoms with van der Waals surface area (Å²) in [5.41, 5.74) is 0. The van der Waals surface area contributed by atoms with Gasteiger partial charge in [0.05, 0.1) is 11.7 Å². The van der Waals surface area contributed by atoms with E-state index in [1.54, 1.807) is 13.8 Å². The fourth-order valence-electron chi connectivity index (χ4n) is 3.71. The Hall–Kier alpha value is -1.15. The van der Waals surface area contributed by atoms with Crippen LogP contribution in [0.4, 0.5) is 0 Å². The molecule has 150 valence electrons. The highest BCUT2D eigenvalue weighted by atomic mass is 32.2. The topological polar surface area (TPSA) is 92.8 Å². The second-order valence-corrected chi connectivity index (χ2v) is 9.79. The number of rotatable bonds is 6. The second-order valence-electron chi connectivity index (χ2n) is 7.53. The summed E-state index contributed by atoms with van der Waals surface area (Å²) in [6.45, 7) is 6.01. The molecule has 1 amide bonds. The molecule has 0 aromatic heterocycles. The Kier molecular flexibility index (Phi) is 7.46. The van der Waals surface area contributed by atoms with Crippen molar-refractivity contribution >= 4 is 21.9 Å². The highest BCUT2D eigenvalue weighted by molar-refractivity contribution is 7.89. The molecule has 0 aromatic carbocycles. The predicted octanol–water partition coefficient (Wildman–Crippen LogP) is 1.67. The molecule has 26 heavy (non-hydrogen) atoms. The van der Waals surface area contributed by atoms with Crippen molar-refractivity contribution in [3.63, 3.8) is 0 Å². The first-order chi connectivity index (χ1) is 12.2. The van der Waals surface area contributed by atoms with Crippen LogP contribution in [-0.2, 0) is 24.3 Å². The number of esters is 1. The SMILES string of the molecule is CCS(=O)(=O)N1CCC(C(=O)OC(C)C(=O)NC2CCCCC2C)CC1. The summed E-state index contributed by atoms with van der Waals surface area (Å²) in [5, 5.41) is 3.01. The molecule has 1 saturated carbocycles. The van der Waals surface area contributed by atoms with E-state index in [0.717, 1.165) is 19.3 Å². The summed E-state index contributed by atoms with van der Waals surface area (Å²) in [7, 11) is -3.21. The van der Waals surface area contributed by atoms with Crippen LogP contribution in [0.15, 0.2) is 0 Å². The molecule has 0 bridgehead atoms. The van der Waals surface area contributed by atoms with Gasteiger partial charge in [-0.25, -0.2) is 12.7 Å². The number of carbonyl (C=O) groups excluding carboxylic acids is 2. The number of nitrogens with zero attached hydrogens (tertiary/aromatic N) is 1. The van der Waals surface area contributed by atoms with Gasteiger partial charge in [-0.05, 0) is 45.4 Å². The van der Waals surface area contributed by atoms with E-state index in [0.29, 0.717) is 31.8 Å². The summed E-state index contributed by atoms with van der Waals surface area (Å²) < 4.78 is 30.5. The van der Waals surface area contributed by atoms with Crippen LogP contribution < -0.4 is 5.32 Å². The first-order valence-corrected chi connectivity index (χ1v) is 11.3. The van der Waals surface area contributed by atoms with Gasteiger partial charge >= 0.3 is 5.97 Å². The molecule has 1 heterocycles. The van der Waals surface area contributed by atoms with Crippen molar-refractivity contribution in [2.75, 3.05) is 18.8 Å². The van der Waals surface area contributed by atoms with E-state index in [9.17, 15) is 18.0 Å². The lowest BCUT2D eigenvalue weighted by Gasteiger charge is -2.31. The number of sulfonamides is 1. The number of piperidine rings is 1. The second kappa shape index (κ2) is 9.17. The van der Waals surface area contributed by atoms with Gasteiger partial charge in [-0.2, -0.15) is 0 Å². The lowest BCUT2D eigenvalue weighted by molar-refractivity contribution is -0.160. The van der Waals surface area contributed by atoms with Crippen molar-refractivity contribution in [3.8, 4) is 0 Å². The third-order valence-corrected chi connectivity index (χ3v) is 7.53. The van der Waals surface area contributed by atoms with Crippen molar-refractivity contribution in [2.24, 2.45) is 11.8 Å². The maximum atomic E-state index is 12.3. The van der Waals surface area contributed by atoms with Crippen molar-refractivity contribution < 1.29 is 22.7 Å². The fraction of sp³-hybridized carbons (Fsp3) is 0.889. The van der Waals surface area contributed by atoms with E-state index >= 15 is 0 Å². The Morgan fingerprint density at radius 3 is 2.35 bits per heavy atom. The molecule has 0 radical (unpaired) electrons. The van der Waals surface area contributed by atoms with E-state index in [-0.39, 0.29) is 23.6 Å². The zero-order valence-corrected chi connectivity index (χ0v) is 16.9. The minimum absolute atomic E-state index is 0.0684. The van der Waals surface area contributed by atoms with Gasteiger partial charge in [-0.15, -0.1) is 0 Å². The zero-order valence-electron chi connectivity index (χ0n) is 16.1. The van der Waals surface area contributed by atoms with Crippen LogP contribution in [-0.4, -0.2) is 55.6 Å². The molecule has 0 aromatic rings. The van der Waals surface area contributed by atoms with E-state index < -0.39 is 22.1 Å². The number of nitrogens with one attached hydrogen (secondary N) is 1. The van der Waals surface area contributed by atoms with Crippen LogP contribution >= 0.6 is 0 Å². The van der Waals surface area contributed by atoms with Crippen molar-refractivity contribution in [2.45, 2.75) is 71.4 Å². The van der Waals surface area contributed by atoms with E-state index in [4.69, 9.17) is 4.74 Å². The molecular formula is C18H32N2O5S. The van der Waals surface area contributed by atoms with Crippen LogP contribution in [0.2, 0.25) is 0 Å². The third-order valence-electron chi connectivity index (χ3n) is 5.65. The van der Waals surface area contributed by atoms with Crippen molar-refractivity contribution in [3.05, 3.63) is 0 Å². The number of carbonyl (C=O) groups is 2. The number of hydrogen-bond acceptors (Lipinski definition) is 5. The highest BCUT2D eigenvalue weighted by Gasteiger charge is 2.33. The molecule has 1 aliphatic carbocycles.